The summed E-state index contributed by atoms with van der Waals surface area (Å²) in [5.74, 6) is 0.651. The summed E-state index contributed by atoms with van der Waals surface area (Å²) in [6.07, 6.45) is 0.726. The lowest BCUT2D eigenvalue weighted by Gasteiger charge is -2.08. The molecule has 96 valence electrons. The fourth-order valence-corrected chi connectivity index (χ4v) is 1.93. The van der Waals surface area contributed by atoms with Gasteiger partial charge in [-0.05, 0) is 23.8 Å². The second-order valence-electron chi connectivity index (χ2n) is 4.05. The largest absolute Gasteiger partial charge is 0.493 e. The van der Waals surface area contributed by atoms with Gasteiger partial charge in [0.25, 0.3) is 0 Å². The second-order valence-corrected chi connectivity index (χ2v) is 4.46. The minimum absolute atomic E-state index is 0.402. The lowest BCUT2D eigenvalue weighted by atomic mass is 10.1. The maximum atomic E-state index is 8.78. The molecule has 0 amide bonds. The van der Waals surface area contributed by atoms with Crippen LogP contribution in [0.2, 0.25) is 5.02 Å². The van der Waals surface area contributed by atoms with Crippen LogP contribution in [0.3, 0.4) is 0 Å². The van der Waals surface area contributed by atoms with E-state index in [2.05, 4.69) is 0 Å². The Hall–Kier alpha value is -2.18. The predicted octanol–water partition coefficient (Wildman–Crippen LogP) is 3.42. The van der Waals surface area contributed by atoms with Crippen molar-refractivity contribution in [3.63, 3.8) is 0 Å². The zero-order valence-corrected chi connectivity index (χ0v) is 11.0. The molecule has 0 aromatic heterocycles. The summed E-state index contributed by atoms with van der Waals surface area (Å²) < 4.78 is 5.60. The molecule has 0 radical (unpaired) electrons. The molecule has 0 aliphatic rings. The van der Waals surface area contributed by atoms with Crippen LogP contribution in [0, 0.1) is 11.3 Å². The van der Waals surface area contributed by atoms with E-state index in [-0.39, 0.29) is 0 Å². The summed E-state index contributed by atoms with van der Waals surface area (Å²) in [6, 6.07) is 14.7. The molecule has 0 aliphatic heterocycles. The molecule has 0 unspecified atom stereocenters. The third-order valence-corrected chi connectivity index (χ3v) is 3.07. The van der Waals surface area contributed by atoms with E-state index < -0.39 is 0 Å². The number of rotatable bonds is 4. The smallest absolute Gasteiger partial charge is 0.120 e. The highest BCUT2D eigenvalue weighted by atomic mass is 35.5. The lowest BCUT2D eigenvalue weighted by molar-refractivity contribution is 0.322. The maximum Gasteiger partial charge on any atom is 0.120 e. The highest BCUT2D eigenvalue weighted by Gasteiger charge is 2.03. The summed E-state index contributed by atoms with van der Waals surface area (Å²) >= 11 is 5.93. The lowest BCUT2D eigenvalue weighted by Crippen LogP contribution is -2.03. The third kappa shape index (κ3) is 3.40. The van der Waals surface area contributed by atoms with Gasteiger partial charge in [-0.25, -0.2) is 0 Å². The molecule has 0 bridgehead atoms. The Morgan fingerprint density at radius 2 is 2.00 bits per heavy atom. The van der Waals surface area contributed by atoms with Crippen molar-refractivity contribution in [2.45, 2.75) is 6.42 Å². The van der Waals surface area contributed by atoms with Crippen LogP contribution in [0.4, 0.5) is 5.69 Å². The van der Waals surface area contributed by atoms with E-state index in [0.717, 1.165) is 17.7 Å². The molecule has 2 N–H and O–H groups in total. The van der Waals surface area contributed by atoms with Crippen molar-refractivity contribution in [3.05, 3.63) is 58.6 Å². The molecule has 4 heteroatoms. The van der Waals surface area contributed by atoms with E-state index in [1.165, 1.54) is 0 Å². The van der Waals surface area contributed by atoms with Crippen molar-refractivity contribution in [2.75, 3.05) is 12.3 Å². The van der Waals surface area contributed by atoms with Gasteiger partial charge in [0.15, 0.2) is 0 Å². The molecule has 0 atom stereocenters. The molecule has 2 aromatic carbocycles. The number of nitrogens with zero attached hydrogens (tertiary/aromatic N) is 1. The predicted molar refractivity (Wildman–Crippen MR) is 76.2 cm³/mol. The van der Waals surface area contributed by atoms with Gasteiger partial charge in [0.1, 0.15) is 11.8 Å². The standard InChI is InChI=1S/C15H13ClN2O/c16-14-9-13(6-5-12(14)10-17)19-8-7-11-3-1-2-4-15(11)18/h1-6,9H,7-8,18H2. The van der Waals surface area contributed by atoms with E-state index in [0.29, 0.717) is 22.9 Å². The molecule has 0 heterocycles. The van der Waals surface area contributed by atoms with Crippen molar-refractivity contribution < 1.29 is 4.74 Å². The molecule has 0 aliphatic carbocycles. The molecule has 0 fully saturated rings. The van der Waals surface area contributed by atoms with Crippen molar-refractivity contribution in [1.29, 1.82) is 5.26 Å². The zero-order chi connectivity index (χ0) is 13.7. The van der Waals surface area contributed by atoms with E-state index in [9.17, 15) is 0 Å². The van der Waals surface area contributed by atoms with Crippen molar-refractivity contribution in [3.8, 4) is 11.8 Å². The Balaban J connectivity index is 1.95. The van der Waals surface area contributed by atoms with Gasteiger partial charge in [-0.1, -0.05) is 29.8 Å². The van der Waals surface area contributed by atoms with Crippen molar-refractivity contribution in [1.82, 2.24) is 0 Å². The molecular formula is C15H13ClN2O. The second kappa shape index (κ2) is 6.12. The summed E-state index contributed by atoms with van der Waals surface area (Å²) in [6.45, 7) is 0.510. The van der Waals surface area contributed by atoms with Crippen LogP contribution in [0.5, 0.6) is 5.75 Å². The number of hydrogen-bond acceptors (Lipinski definition) is 3. The minimum Gasteiger partial charge on any atom is -0.493 e. The van der Waals surface area contributed by atoms with Gasteiger partial charge in [0.2, 0.25) is 0 Å². The molecule has 2 rings (SSSR count). The highest BCUT2D eigenvalue weighted by molar-refractivity contribution is 6.31. The van der Waals surface area contributed by atoms with Gasteiger partial charge in [-0.3, -0.25) is 0 Å². The Morgan fingerprint density at radius 3 is 2.68 bits per heavy atom. The van der Waals surface area contributed by atoms with Gasteiger partial charge in [0.05, 0.1) is 17.2 Å². The number of nitrogen functional groups attached to an aromatic ring is 1. The van der Waals surface area contributed by atoms with Crippen LogP contribution in [0.25, 0.3) is 0 Å². The Labute approximate surface area is 117 Å². The van der Waals surface area contributed by atoms with Crippen LogP contribution in [0.1, 0.15) is 11.1 Å². The van der Waals surface area contributed by atoms with E-state index in [4.69, 9.17) is 27.3 Å². The normalized spacial score (nSPS) is 9.89. The summed E-state index contributed by atoms with van der Waals surface area (Å²) in [5, 5.41) is 9.18. The SMILES string of the molecule is N#Cc1ccc(OCCc2ccccc2N)cc1Cl. The number of para-hydroxylation sites is 1. The number of ether oxygens (including phenoxy) is 1. The zero-order valence-electron chi connectivity index (χ0n) is 10.3. The topological polar surface area (TPSA) is 59.0 Å². The first kappa shape index (κ1) is 13.3. The van der Waals surface area contributed by atoms with E-state index in [1.54, 1.807) is 18.2 Å². The van der Waals surface area contributed by atoms with Gasteiger partial charge in [-0.15, -0.1) is 0 Å². The molecule has 2 aromatic rings. The van der Waals surface area contributed by atoms with Crippen LogP contribution >= 0.6 is 11.6 Å². The third-order valence-electron chi connectivity index (χ3n) is 2.76. The highest BCUT2D eigenvalue weighted by Crippen LogP contribution is 2.22. The fourth-order valence-electron chi connectivity index (χ4n) is 1.72. The van der Waals surface area contributed by atoms with Crippen molar-refractivity contribution in [2.24, 2.45) is 0 Å². The molecule has 3 nitrogen and oxygen atoms in total. The van der Waals surface area contributed by atoms with Gasteiger partial charge >= 0.3 is 0 Å². The number of hydrogen-bond donors (Lipinski definition) is 1. The van der Waals surface area contributed by atoms with E-state index in [1.807, 2.05) is 30.3 Å². The quantitative estimate of drug-likeness (QED) is 0.868. The summed E-state index contributed by atoms with van der Waals surface area (Å²) in [7, 11) is 0. The maximum absolute atomic E-state index is 8.78. The van der Waals surface area contributed by atoms with Crippen LogP contribution in [-0.2, 0) is 6.42 Å². The average Bonchev–Trinajstić information content (AvgIpc) is 2.41. The van der Waals surface area contributed by atoms with Gasteiger partial charge in [0, 0.05) is 18.2 Å². The van der Waals surface area contributed by atoms with Crippen LogP contribution in [0.15, 0.2) is 42.5 Å². The fraction of sp³-hybridized carbons (Fsp3) is 0.133. The number of halogens is 1. The molecule has 0 saturated heterocycles. The van der Waals surface area contributed by atoms with Gasteiger partial charge < -0.3 is 10.5 Å². The molecule has 19 heavy (non-hydrogen) atoms. The number of nitrogens with two attached hydrogens (primary N) is 1. The van der Waals surface area contributed by atoms with Crippen LogP contribution in [-0.4, -0.2) is 6.61 Å². The summed E-state index contributed by atoms with van der Waals surface area (Å²) in [5.41, 5.74) is 8.12. The Kier molecular flexibility index (Phi) is 4.27. The molecular weight excluding hydrogens is 260 g/mol. The Bertz CT molecular complexity index is 620. The first-order valence-corrected chi connectivity index (χ1v) is 6.24. The first-order valence-electron chi connectivity index (χ1n) is 5.86. The Morgan fingerprint density at radius 1 is 1.21 bits per heavy atom. The molecule has 0 saturated carbocycles. The summed E-state index contributed by atoms with van der Waals surface area (Å²) in [4.78, 5) is 0. The van der Waals surface area contributed by atoms with Gasteiger partial charge in [-0.2, -0.15) is 5.26 Å². The number of anilines is 1. The number of nitriles is 1. The molecule has 0 spiro atoms. The van der Waals surface area contributed by atoms with Crippen molar-refractivity contribution >= 4 is 17.3 Å². The minimum atomic E-state index is 0.402. The van der Waals surface area contributed by atoms with Crippen LogP contribution < -0.4 is 10.5 Å². The average molecular weight is 273 g/mol. The number of benzene rings is 2. The first-order chi connectivity index (χ1) is 9.20. The van der Waals surface area contributed by atoms with E-state index >= 15 is 0 Å². The monoisotopic (exact) mass is 272 g/mol.